The van der Waals surface area contributed by atoms with Crippen LogP contribution in [0.15, 0.2) is 47.4 Å². The van der Waals surface area contributed by atoms with Crippen LogP contribution >= 0.6 is 0 Å². The van der Waals surface area contributed by atoms with Gasteiger partial charge in [0.1, 0.15) is 0 Å². The minimum atomic E-state index is -4.52. The van der Waals surface area contributed by atoms with Gasteiger partial charge in [0.25, 0.3) is 17.5 Å². The second-order valence-corrected chi connectivity index (χ2v) is 6.76. The molecule has 0 atom stereocenters. The average Bonchev–Trinajstić information content (AvgIpc) is 2.79. The van der Waals surface area contributed by atoms with Gasteiger partial charge in [0.15, 0.2) is 0 Å². The first-order valence-corrected chi connectivity index (χ1v) is 8.30. The Kier molecular flexibility index (Phi) is 3.85. The van der Waals surface area contributed by atoms with Gasteiger partial charge in [-0.25, -0.2) is 0 Å². The molecule has 0 N–H and O–H groups in total. The van der Waals surface area contributed by atoms with Crippen LogP contribution in [0.25, 0.3) is 0 Å². The summed E-state index contributed by atoms with van der Waals surface area (Å²) in [5.74, 6) is -1.79. The van der Waals surface area contributed by atoms with Gasteiger partial charge >= 0.3 is 10.1 Å². The van der Waals surface area contributed by atoms with E-state index in [1.54, 1.807) is 13.0 Å². The van der Waals surface area contributed by atoms with E-state index in [0.29, 0.717) is 0 Å². The number of nitrogens with zero attached hydrogens (tertiary/aromatic N) is 2. The molecule has 0 unspecified atom stereocenters. The van der Waals surface area contributed by atoms with Crippen molar-refractivity contribution < 1.29 is 27.2 Å². The number of nitro benzene ring substituents is 1. The zero-order valence-electron chi connectivity index (χ0n) is 12.7. The molecule has 0 saturated heterocycles. The van der Waals surface area contributed by atoms with Crippen LogP contribution in [0.1, 0.15) is 26.3 Å². The second-order valence-electron chi connectivity index (χ2n) is 5.23. The zero-order chi connectivity index (χ0) is 18.4. The van der Waals surface area contributed by atoms with Crippen LogP contribution in [0.2, 0.25) is 0 Å². The summed E-state index contributed by atoms with van der Waals surface area (Å²) in [5, 5.41) is 10.8. The average molecular weight is 362 g/mol. The van der Waals surface area contributed by atoms with E-state index in [4.69, 9.17) is 0 Å². The number of carbonyl (C=O) groups excluding carboxylic acids is 2. The maximum atomic E-state index is 12.2. The van der Waals surface area contributed by atoms with Crippen LogP contribution in [-0.2, 0) is 14.4 Å². The van der Waals surface area contributed by atoms with E-state index in [-0.39, 0.29) is 21.9 Å². The number of carbonyl (C=O) groups is 2. The molecule has 25 heavy (non-hydrogen) atoms. The number of fused-ring (bicyclic) bond motifs is 1. The fraction of sp³-hybridized carbons (Fsp3) is 0.0667. The van der Waals surface area contributed by atoms with Gasteiger partial charge in [-0.2, -0.15) is 8.42 Å². The van der Waals surface area contributed by atoms with Crippen LogP contribution in [0.4, 0.5) is 5.69 Å². The van der Waals surface area contributed by atoms with Crippen LogP contribution < -0.4 is 0 Å². The highest BCUT2D eigenvalue weighted by Gasteiger charge is 2.40. The van der Waals surface area contributed by atoms with Gasteiger partial charge in [-0.1, -0.05) is 11.6 Å². The van der Waals surface area contributed by atoms with Gasteiger partial charge in [-0.15, -0.1) is 9.35 Å². The number of non-ortho nitro benzene ring substituents is 1. The minimum Gasteiger partial charge on any atom is -0.266 e. The molecule has 128 valence electrons. The molecule has 2 aromatic rings. The molecular weight excluding hydrogens is 352 g/mol. The van der Waals surface area contributed by atoms with Crippen LogP contribution in [0.3, 0.4) is 0 Å². The highest BCUT2D eigenvalue weighted by Crippen LogP contribution is 2.27. The molecule has 0 saturated carbocycles. The first-order valence-electron chi connectivity index (χ1n) is 6.89. The topological polar surface area (TPSA) is 124 Å². The molecule has 1 aliphatic rings. The summed E-state index contributed by atoms with van der Waals surface area (Å²) in [5.41, 5.74) is 0.494. The number of nitro groups is 1. The number of hydrogen-bond acceptors (Lipinski definition) is 7. The van der Waals surface area contributed by atoms with E-state index in [9.17, 15) is 28.1 Å². The largest absolute Gasteiger partial charge is 0.318 e. The van der Waals surface area contributed by atoms with Crippen molar-refractivity contribution in [2.24, 2.45) is 0 Å². The van der Waals surface area contributed by atoms with Gasteiger partial charge < -0.3 is 0 Å². The number of hydrogen-bond donors (Lipinski definition) is 0. The summed E-state index contributed by atoms with van der Waals surface area (Å²) >= 11 is 0. The summed E-state index contributed by atoms with van der Waals surface area (Å²) < 4.78 is 29.1. The molecule has 0 bridgehead atoms. The number of aryl methyl sites for hydroxylation is 1. The summed E-state index contributed by atoms with van der Waals surface area (Å²) in [7, 11) is -4.52. The number of imide groups is 1. The molecule has 10 heteroatoms. The van der Waals surface area contributed by atoms with Crippen molar-refractivity contribution in [2.45, 2.75) is 11.8 Å². The third-order valence-corrected chi connectivity index (χ3v) is 4.71. The standard InChI is InChI=1S/C15H10N2O7S/c1-9-2-7-12-13(8-9)15(19)16(14(12)18)24-25(22,23)11-5-3-10(4-6-11)17(20)21/h2-8H,1H3. The van der Waals surface area contributed by atoms with E-state index in [2.05, 4.69) is 4.28 Å². The highest BCUT2D eigenvalue weighted by atomic mass is 32.2. The lowest BCUT2D eigenvalue weighted by molar-refractivity contribution is -0.384. The van der Waals surface area contributed by atoms with Crippen molar-refractivity contribution in [2.75, 3.05) is 0 Å². The quantitative estimate of drug-likeness (QED) is 0.461. The number of hydroxylamine groups is 2. The normalized spacial score (nSPS) is 13.9. The predicted octanol–water partition coefficient (Wildman–Crippen LogP) is 1.82. The number of benzene rings is 2. The third kappa shape index (κ3) is 2.88. The molecule has 2 aromatic carbocycles. The van der Waals surface area contributed by atoms with Crippen molar-refractivity contribution in [3.05, 3.63) is 69.3 Å². The molecule has 0 aromatic heterocycles. The van der Waals surface area contributed by atoms with Crippen molar-refractivity contribution in [1.29, 1.82) is 0 Å². The van der Waals surface area contributed by atoms with E-state index in [1.165, 1.54) is 12.1 Å². The van der Waals surface area contributed by atoms with Crippen molar-refractivity contribution in [3.63, 3.8) is 0 Å². The van der Waals surface area contributed by atoms with Crippen molar-refractivity contribution in [3.8, 4) is 0 Å². The molecule has 9 nitrogen and oxygen atoms in total. The van der Waals surface area contributed by atoms with E-state index < -0.39 is 31.8 Å². The van der Waals surface area contributed by atoms with Crippen molar-refractivity contribution >= 4 is 27.6 Å². The van der Waals surface area contributed by atoms with Crippen LogP contribution in [0, 0.1) is 17.0 Å². The first-order chi connectivity index (χ1) is 11.7. The van der Waals surface area contributed by atoms with E-state index in [0.717, 1.165) is 29.8 Å². The van der Waals surface area contributed by atoms with Crippen molar-refractivity contribution in [1.82, 2.24) is 5.06 Å². The molecule has 2 amide bonds. The molecule has 0 radical (unpaired) electrons. The smallest absolute Gasteiger partial charge is 0.266 e. The van der Waals surface area contributed by atoms with E-state index >= 15 is 0 Å². The summed E-state index contributed by atoms with van der Waals surface area (Å²) in [6, 6.07) is 8.33. The Balaban J connectivity index is 1.90. The van der Waals surface area contributed by atoms with Crippen LogP contribution in [0.5, 0.6) is 0 Å². The van der Waals surface area contributed by atoms with Gasteiger partial charge in [0.05, 0.1) is 20.9 Å². The molecule has 3 rings (SSSR count). The van der Waals surface area contributed by atoms with Gasteiger partial charge in [-0.05, 0) is 31.2 Å². The molecule has 1 aliphatic heterocycles. The van der Waals surface area contributed by atoms with Crippen LogP contribution in [-0.4, -0.2) is 30.2 Å². The Hall–Kier alpha value is -3.11. The number of rotatable bonds is 4. The maximum Gasteiger partial charge on any atom is 0.318 e. The Morgan fingerprint density at radius 1 is 1.00 bits per heavy atom. The minimum absolute atomic E-state index is 0.0366. The molecule has 0 spiro atoms. The lowest BCUT2D eigenvalue weighted by Crippen LogP contribution is -2.32. The monoisotopic (exact) mass is 362 g/mol. The molecule has 0 aliphatic carbocycles. The highest BCUT2D eigenvalue weighted by molar-refractivity contribution is 7.86. The Labute approximate surface area is 141 Å². The fourth-order valence-corrected chi connectivity index (χ4v) is 3.16. The molecule has 0 fully saturated rings. The van der Waals surface area contributed by atoms with Gasteiger partial charge in [-0.3, -0.25) is 19.7 Å². The predicted molar refractivity (Wildman–Crippen MR) is 83.0 cm³/mol. The SMILES string of the molecule is Cc1ccc2c(c1)C(=O)N(OS(=O)(=O)c1ccc([N+](=O)[O-])cc1)C2=O. The Bertz CT molecular complexity index is 1010. The first kappa shape index (κ1) is 16.7. The maximum absolute atomic E-state index is 12.2. The Morgan fingerprint density at radius 3 is 2.20 bits per heavy atom. The lowest BCUT2D eigenvalue weighted by atomic mass is 10.1. The zero-order valence-corrected chi connectivity index (χ0v) is 13.5. The van der Waals surface area contributed by atoms with Gasteiger partial charge in [0.2, 0.25) is 0 Å². The van der Waals surface area contributed by atoms with Gasteiger partial charge in [0, 0.05) is 12.1 Å². The number of amides is 2. The second kappa shape index (κ2) is 5.76. The molecule has 1 heterocycles. The summed E-state index contributed by atoms with van der Waals surface area (Å²) in [4.78, 5) is 33.9. The lowest BCUT2D eigenvalue weighted by Gasteiger charge is -2.12. The molecular formula is C15H10N2O7S. The third-order valence-electron chi connectivity index (χ3n) is 3.51. The Morgan fingerprint density at radius 2 is 1.60 bits per heavy atom. The fourth-order valence-electron chi connectivity index (χ4n) is 2.28. The summed E-state index contributed by atoms with van der Waals surface area (Å²) in [6.07, 6.45) is 0. The summed E-state index contributed by atoms with van der Waals surface area (Å²) in [6.45, 7) is 1.72. The van der Waals surface area contributed by atoms with E-state index in [1.807, 2.05) is 0 Å².